The Morgan fingerprint density at radius 2 is 1.71 bits per heavy atom. The Labute approximate surface area is 116 Å². The van der Waals surface area contributed by atoms with Gasteiger partial charge in [0.1, 0.15) is 12.2 Å². The van der Waals surface area contributed by atoms with Crippen molar-refractivity contribution in [2.75, 3.05) is 6.61 Å². The van der Waals surface area contributed by atoms with Gasteiger partial charge < -0.3 is 0 Å². The van der Waals surface area contributed by atoms with E-state index in [1.54, 1.807) is 0 Å². The van der Waals surface area contributed by atoms with Gasteiger partial charge in [0.2, 0.25) is 0 Å². The summed E-state index contributed by atoms with van der Waals surface area (Å²) in [5, 5.41) is 0. The van der Waals surface area contributed by atoms with E-state index in [2.05, 4.69) is 9.78 Å². The van der Waals surface area contributed by atoms with Crippen molar-refractivity contribution in [1.82, 2.24) is 0 Å². The van der Waals surface area contributed by atoms with Crippen molar-refractivity contribution in [3.8, 4) is 0 Å². The molecule has 0 aliphatic heterocycles. The van der Waals surface area contributed by atoms with Gasteiger partial charge in [0.15, 0.2) is 0 Å². The molecule has 0 aromatic rings. The molecule has 0 atom stereocenters. The van der Waals surface area contributed by atoms with E-state index in [-0.39, 0.29) is 37.9 Å². The minimum atomic E-state index is -0.590. The molecule has 0 aliphatic carbocycles. The van der Waals surface area contributed by atoms with Gasteiger partial charge >= 0.3 is 25.8 Å². The van der Waals surface area contributed by atoms with E-state index < -0.39 is 5.97 Å². The number of rotatable bonds is 9. The fourth-order valence-corrected chi connectivity index (χ4v) is 1.37. The SMILES string of the molecule is CCCCOOC(=O)CC(=O)C(CC)CC.[GaH3]. The maximum absolute atomic E-state index is 11.5. The van der Waals surface area contributed by atoms with Crippen LogP contribution in [0.1, 0.15) is 52.9 Å². The molecule has 5 heteroatoms. The monoisotopic (exact) mass is 302 g/mol. The van der Waals surface area contributed by atoms with E-state index in [9.17, 15) is 9.59 Å². The molecule has 0 saturated heterocycles. The zero-order valence-corrected chi connectivity index (χ0v) is 10.5. The second-order valence-corrected chi connectivity index (χ2v) is 3.79. The van der Waals surface area contributed by atoms with Crippen molar-refractivity contribution in [3.63, 3.8) is 0 Å². The number of carbonyl (C=O) groups is 2. The van der Waals surface area contributed by atoms with Crippen LogP contribution in [0.25, 0.3) is 0 Å². The molecule has 100 valence electrons. The molecular weight excluding hydrogens is 278 g/mol. The van der Waals surface area contributed by atoms with E-state index in [4.69, 9.17) is 0 Å². The van der Waals surface area contributed by atoms with Crippen molar-refractivity contribution in [2.24, 2.45) is 5.92 Å². The van der Waals surface area contributed by atoms with Gasteiger partial charge in [0, 0.05) is 5.92 Å². The third-order valence-corrected chi connectivity index (χ3v) is 2.49. The number of ketones is 1. The van der Waals surface area contributed by atoms with Gasteiger partial charge in [-0.25, -0.2) is 4.79 Å². The molecule has 0 aliphatic rings. The zero-order valence-electron chi connectivity index (χ0n) is 10.5. The van der Waals surface area contributed by atoms with Gasteiger partial charge in [-0.1, -0.05) is 27.2 Å². The second-order valence-electron chi connectivity index (χ2n) is 3.79. The van der Waals surface area contributed by atoms with Crippen molar-refractivity contribution in [2.45, 2.75) is 52.9 Å². The number of hydrogen-bond acceptors (Lipinski definition) is 4. The number of unbranched alkanes of at least 4 members (excludes halogenated alkanes) is 1. The van der Waals surface area contributed by atoms with E-state index in [0.29, 0.717) is 6.61 Å². The van der Waals surface area contributed by atoms with Gasteiger partial charge in [-0.3, -0.25) is 9.68 Å². The van der Waals surface area contributed by atoms with Crippen molar-refractivity contribution < 1.29 is 19.4 Å². The van der Waals surface area contributed by atoms with E-state index in [1.807, 2.05) is 20.8 Å². The summed E-state index contributed by atoms with van der Waals surface area (Å²) in [6.07, 6.45) is 3.16. The molecule has 17 heavy (non-hydrogen) atoms. The summed E-state index contributed by atoms with van der Waals surface area (Å²) in [5.41, 5.74) is 0. The van der Waals surface area contributed by atoms with E-state index in [0.717, 1.165) is 25.7 Å². The van der Waals surface area contributed by atoms with Crippen LogP contribution < -0.4 is 0 Å². The molecule has 0 bridgehead atoms. The first-order chi connectivity index (χ1) is 7.65. The Bertz CT molecular complexity index is 215. The Hall–Kier alpha value is -0.264. The van der Waals surface area contributed by atoms with Gasteiger partial charge in [-0.15, -0.1) is 0 Å². The first kappa shape index (κ1) is 19.1. The average molecular weight is 303 g/mol. The van der Waals surface area contributed by atoms with Crippen LogP contribution in [0, 0.1) is 5.92 Å². The van der Waals surface area contributed by atoms with Crippen LogP contribution >= 0.6 is 0 Å². The van der Waals surface area contributed by atoms with Crippen molar-refractivity contribution >= 4 is 31.5 Å². The summed E-state index contributed by atoms with van der Waals surface area (Å²) >= 11 is 0. The van der Waals surface area contributed by atoms with Crippen molar-refractivity contribution in [1.29, 1.82) is 0 Å². The molecule has 0 rings (SSSR count). The molecule has 0 radical (unpaired) electrons. The Morgan fingerprint density at radius 3 is 2.18 bits per heavy atom. The second kappa shape index (κ2) is 12.2. The van der Waals surface area contributed by atoms with Gasteiger partial charge in [-0.2, -0.15) is 4.89 Å². The third kappa shape index (κ3) is 9.44. The molecule has 0 aromatic carbocycles. The average Bonchev–Trinajstić information content (AvgIpc) is 2.26. The van der Waals surface area contributed by atoms with Gasteiger partial charge in [0.25, 0.3) is 0 Å². The normalized spacial score (nSPS) is 9.88. The molecular formula is C12H25GaO4. The number of carbonyl (C=O) groups excluding carboxylic acids is 2. The number of Topliss-reactive ketones (excluding diaryl/α,β-unsaturated/α-hetero) is 1. The van der Waals surface area contributed by atoms with E-state index >= 15 is 0 Å². The van der Waals surface area contributed by atoms with Gasteiger partial charge in [-0.05, 0) is 19.3 Å². The quantitative estimate of drug-likeness (QED) is 0.213. The summed E-state index contributed by atoms with van der Waals surface area (Å²) in [7, 11) is 0. The van der Waals surface area contributed by atoms with Crippen LogP contribution in [-0.4, -0.2) is 38.1 Å². The van der Waals surface area contributed by atoms with Crippen LogP contribution in [0.15, 0.2) is 0 Å². The number of hydrogen-bond donors (Lipinski definition) is 0. The molecule has 0 unspecified atom stereocenters. The maximum atomic E-state index is 11.5. The third-order valence-electron chi connectivity index (χ3n) is 2.49. The summed E-state index contributed by atoms with van der Waals surface area (Å²) in [6.45, 7) is 6.29. The summed E-state index contributed by atoms with van der Waals surface area (Å²) in [6, 6.07) is 0. The predicted octanol–water partition coefficient (Wildman–Crippen LogP) is 1.47. The minimum absolute atomic E-state index is 0. The Morgan fingerprint density at radius 1 is 1.12 bits per heavy atom. The molecule has 0 fully saturated rings. The van der Waals surface area contributed by atoms with Gasteiger partial charge in [0.05, 0.1) is 6.61 Å². The first-order valence-corrected chi connectivity index (χ1v) is 6.00. The first-order valence-electron chi connectivity index (χ1n) is 6.00. The summed E-state index contributed by atoms with van der Waals surface area (Å²) in [5.74, 6) is -0.690. The molecule has 0 saturated carbocycles. The molecule has 4 nitrogen and oxygen atoms in total. The van der Waals surface area contributed by atoms with Crippen LogP contribution in [0.5, 0.6) is 0 Å². The molecule has 0 N–H and O–H groups in total. The van der Waals surface area contributed by atoms with Crippen LogP contribution in [0.4, 0.5) is 0 Å². The Balaban J connectivity index is 0. The van der Waals surface area contributed by atoms with E-state index in [1.165, 1.54) is 0 Å². The van der Waals surface area contributed by atoms with Crippen LogP contribution in [0.3, 0.4) is 0 Å². The van der Waals surface area contributed by atoms with Crippen molar-refractivity contribution in [3.05, 3.63) is 0 Å². The Kier molecular flexibility index (Phi) is 13.7. The summed E-state index contributed by atoms with van der Waals surface area (Å²) in [4.78, 5) is 31.9. The zero-order chi connectivity index (χ0) is 12.4. The fraction of sp³-hybridized carbons (Fsp3) is 0.833. The topological polar surface area (TPSA) is 52.6 Å². The fourth-order valence-electron chi connectivity index (χ4n) is 1.37. The summed E-state index contributed by atoms with van der Waals surface area (Å²) < 4.78 is 0. The molecule has 0 heterocycles. The molecule has 0 aromatic heterocycles. The van der Waals surface area contributed by atoms with Crippen LogP contribution in [0.2, 0.25) is 0 Å². The predicted molar refractivity (Wildman–Crippen MR) is 70.6 cm³/mol. The van der Waals surface area contributed by atoms with Crippen LogP contribution in [-0.2, 0) is 19.4 Å². The molecule has 0 amide bonds. The standard InChI is InChI=1S/C12H22O4.Ga.3H/c1-4-7-8-15-16-12(14)9-11(13)10(5-2)6-3;;;;/h10H,4-9H2,1-3H3;;;;. The molecule has 0 spiro atoms.